The maximum absolute atomic E-state index is 11.8. The van der Waals surface area contributed by atoms with Crippen molar-refractivity contribution >= 4 is 17.5 Å². The number of carbonyl (C=O) groups is 1. The zero-order valence-electron chi connectivity index (χ0n) is 11.4. The second-order valence-electron chi connectivity index (χ2n) is 4.26. The Morgan fingerprint density at radius 2 is 2.16 bits per heavy atom. The number of halogens is 1. The molecule has 106 valence electrons. The van der Waals surface area contributed by atoms with E-state index in [-0.39, 0.29) is 5.91 Å². The summed E-state index contributed by atoms with van der Waals surface area (Å²) in [5, 5.41) is 6.62. The smallest absolute Gasteiger partial charge is 0.260 e. The maximum Gasteiger partial charge on any atom is 0.260 e. The summed E-state index contributed by atoms with van der Waals surface area (Å²) in [7, 11) is 0. The number of carbonyl (C=O) groups excluding carboxylic acids is 1. The summed E-state index contributed by atoms with van der Waals surface area (Å²) < 4.78 is 5.52. The molecule has 0 aromatic heterocycles. The van der Waals surface area contributed by atoms with Gasteiger partial charge in [0.05, 0.1) is 0 Å². The summed E-state index contributed by atoms with van der Waals surface area (Å²) in [4.78, 5) is 11.8. The van der Waals surface area contributed by atoms with Gasteiger partial charge in [-0.05, 0) is 38.1 Å². The lowest BCUT2D eigenvalue weighted by Crippen LogP contribution is -2.39. The maximum atomic E-state index is 11.8. The van der Waals surface area contributed by atoms with Crippen molar-refractivity contribution in [3.63, 3.8) is 0 Å². The average molecular weight is 285 g/mol. The Bertz CT molecular complexity index is 399. The van der Waals surface area contributed by atoms with Crippen molar-refractivity contribution < 1.29 is 9.53 Å². The van der Waals surface area contributed by atoms with Crippen LogP contribution >= 0.6 is 11.6 Å². The first-order valence-corrected chi connectivity index (χ1v) is 6.92. The van der Waals surface area contributed by atoms with Gasteiger partial charge in [-0.15, -0.1) is 0 Å². The first-order valence-electron chi connectivity index (χ1n) is 6.54. The normalized spacial score (nSPS) is 11.9. The molecule has 2 N–H and O–H groups in total. The summed E-state index contributed by atoms with van der Waals surface area (Å²) in [5.41, 5.74) is 0. The summed E-state index contributed by atoms with van der Waals surface area (Å²) in [6.07, 6.45) is 0.548. The van der Waals surface area contributed by atoms with Gasteiger partial charge in [0.1, 0.15) is 5.75 Å². The highest BCUT2D eigenvalue weighted by Gasteiger charge is 2.13. The third-order valence-electron chi connectivity index (χ3n) is 2.51. The molecule has 1 atom stereocenters. The predicted octanol–water partition coefficient (Wildman–Crippen LogP) is 2.22. The Labute approximate surface area is 119 Å². The molecular weight excluding hydrogens is 264 g/mol. The lowest BCUT2D eigenvalue weighted by molar-refractivity contribution is -0.127. The minimum atomic E-state index is -0.537. The molecule has 1 aromatic carbocycles. The van der Waals surface area contributed by atoms with Crippen LogP contribution in [0.2, 0.25) is 5.02 Å². The van der Waals surface area contributed by atoms with Crippen molar-refractivity contribution in [1.82, 2.24) is 10.6 Å². The molecule has 0 aliphatic rings. The molecule has 0 bridgehead atoms. The van der Waals surface area contributed by atoms with Crippen LogP contribution in [-0.4, -0.2) is 31.6 Å². The van der Waals surface area contributed by atoms with E-state index in [0.29, 0.717) is 17.3 Å². The molecule has 4 nitrogen and oxygen atoms in total. The van der Waals surface area contributed by atoms with E-state index >= 15 is 0 Å². The second kappa shape index (κ2) is 8.77. The van der Waals surface area contributed by atoms with Crippen LogP contribution in [0.5, 0.6) is 5.75 Å². The number of benzene rings is 1. The average Bonchev–Trinajstić information content (AvgIpc) is 2.38. The molecule has 0 heterocycles. The molecule has 1 aromatic rings. The summed E-state index contributed by atoms with van der Waals surface area (Å²) in [6.45, 7) is 6.15. The molecule has 0 aliphatic heterocycles. The van der Waals surface area contributed by atoms with Gasteiger partial charge in [0.2, 0.25) is 0 Å². The standard InChI is InChI=1S/C14H21ClN2O2/c1-3-7-16-8-9-17-14(18)11(2)19-13-6-4-5-12(15)10-13/h4-6,10-11,16H,3,7-9H2,1-2H3,(H,17,18). The van der Waals surface area contributed by atoms with Gasteiger partial charge in [0, 0.05) is 18.1 Å². The van der Waals surface area contributed by atoms with Crippen LogP contribution in [0.15, 0.2) is 24.3 Å². The predicted molar refractivity (Wildman–Crippen MR) is 77.7 cm³/mol. The van der Waals surface area contributed by atoms with Crippen molar-refractivity contribution in [3.8, 4) is 5.75 Å². The van der Waals surface area contributed by atoms with Gasteiger partial charge >= 0.3 is 0 Å². The number of rotatable bonds is 8. The summed E-state index contributed by atoms with van der Waals surface area (Å²) >= 11 is 5.85. The molecule has 0 fully saturated rings. The van der Waals surface area contributed by atoms with Crippen molar-refractivity contribution in [3.05, 3.63) is 29.3 Å². The van der Waals surface area contributed by atoms with Crippen molar-refractivity contribution in [2.24, 2.45) is 0 Å². The Morgan fingerprint density at radius 1 is 1.37 bits per heavy atom. The Morgan fingerprint density at radius 3 is 2.84 bits per heavy atom. The number of amides is 1. The van der Waals surface area contributed by atoms with Crippen LogP contribution < -0.4 is 15.4 Å². The largest absolute Gasteiger partial charge is 0.481 e. The molecule has 1 amide bonds. The van der Waals surface area contributed by atoms with E-state index in [9.17, 15) is 4.79 Å². The number of hydrogen-bond acceptors (Lipinski definition) is 3. The number of hydrogen-bond donors (Lipinski definition) is 2. The molecule has 1 rings (SSSR count). The Hall–Kier alpha value is -1.26. The molecule has 0 saturated carbocycles. The van der Waals surface area contributed by atoms with Crippen molar-refractivity contribution in [2.75, 3.05) is 19.6 Å². The van der Waals surface area contributed by atoms with Gasteiger partial charge in [-0.3, -0.25) is 4.79 Å². The number of nitrogens with one attached hydrogen (secondary N) is 2. The fourth-order valence-electron chi connectivity index (χ4n) is 1.52. The van der Waals surface area contributed by atoms with Crippen LogP contribution in [0.4, 0.5) is 0 Å². The minimum absolute atomic E-state index is 0.127. The molecule has 19 heavy (non-hydrogen) atoms. The summed E-state index contributed by atoms with van der Waals surface area (Å²) in [6, 6.07) is 7.02. The van der Waals surface area contributed by atoms with Gasteiger partial charge < -0.3 is 15.4 Å². The van der Waals surface area contributed by atoms with Crippen LogP contribution in [0.1, 0.15) is 20.3 Å². The number of ether oxygens (including phenoxy) is 1. The monoisotopic (exact) mass is 284 g/mol. The van der Waals surface area contributed by atoms with Crippen molar-refractivity contribution in [1.29, 1.82) is 0 Å². The molecule has 0 radical (unpaired) electrons. The SMILES string of the molecule is CCCNCCNC(=O)C(C)Oc1cccc(Cl)c1. The molecule has 0 saturated heterocycles. The minimum Gasteiger partial charge on any atom is -0.481 e. The van der Waals surface area contributed by atoms with Gasteiger partial charge in [-0.1, -0.05) is 24.6 Å². The quantitative estimate of drug-likeness (QED) is 0.720. The van der Waals surface area contributed by atoms with E-state index in [1.807, 2.05) is 0 Å². The highest BCUT2D eigenvalue weighted by molar-refractivity contribution is 6.30. The molecular formula is C14H21ClN2O2. The topological polar surface area (TPSA) is 50.4 Å². The first-order chi connectivity index (χ1) is 9.13. The lowest BCUT2D eigenvalue weighted by atomic mass is 10.3. The Balaban J connectivity index is 2.28. The Kier molecular flexibility index (Phi) is 7.30. The van der Waals surface area contributed by atoms with Crippen molar-refractivity contribution in [2.45, 2.75) is 26.4 Å². The third kappa shape index (κ3) is 6.45. The second-order valence-corrected chi connectivity index (χ2v) is 4.69. The molecule has 0 aliphatic carbocycles. The molecule has 0 spiro atoms. The zero-order chi connectivity index (χ0) is 14.1. The van der Waals surface area contributed by atoms with Crippen LogP contribution in [0, 0.1) is 0 Å². The molecule has 1 unspecified atom stereocenters. The van der Waals surface area contributed by atoms with E-state index in [2.05, 4.69) is 17.6 Å². The van der Waals surface area contributed by atoms with E-state index in [0.717, 1.165) is 19.5 Å². The highest BCUT2D eigenvalue weighted by atomic mass is 35.5. The van der Waals surface area contributed by atoms with Gasteiger partial charge in [-0.2, -0.15) is 0 Å². The lowest BCUT2D eigenvalue weighted by Gasteiger charge is -2.15. The third-order valence-corrected chi connectivity index (χ3v) is 2.74. The van der Waals surface area contributed by atoms with E-state index in [4.69, 9.17) is 16.3 Å². The van der Waals surface area contributed by atoms with Gasteiger partial charge in [0.25, 0.3) is 5.91 Å². The fraction of sp³-hybridized carbons (Fsp3) is 0.500. The van der Waals surface area contributed by atoms with Crippen LogP contribution in [-0.2, 0) is 4.79 Å². The van der Waals surface area contributed by atoms with E-state index in [1.54, 1.807) is 31.2 Å². The summed E-state index contributed by atoms with van der Waals surface area (Å²) in [5.74, 6) is 0.470. The van der Waals surface area contributed by atoms with E-state index in [1.165, 1.54) is 0 Å². The van der Waals surface area contributed by atoms with Gasteiger partial charge in [0.15, 0.2) is 6.10 Å². The zero-order valence-corrected chi connectivity index (χ0v) is 12.2. The first kappa shape index (κ1) is 15.8. The van der Waals surface area contributed by atoms with E-state index < -0.39 is 6.10 Å². The van der Waals surface area contributed by atoms with Gasteiger partial charge in [-0.25, -0.2) is 0 Å². The highest BCUT2D eigenvalue weighted by Crippen LogP contribution is 2.18. The molecule has 5 heteroatoms. The fourth-order valence-corrected chi connectivity index (χ4v) is 1.70. The van der Waals surface area contributed by atoms with Crippen LogP contribution in [0.3, 0.4) is 0 Å². The van der Waals surface area contributed by atoms with Crippen LogP contribution in [0.25, 0.3) is 0 Å².